The highest BCUT2D eigenvalue weighted by Crippen LogP contribution is 2.38. The number of carbonyl (C=O) groups excluding carboxylic acids is 3. The molecule has 2 atom stereocenters. The second kappa shape index (κ2) is 7.49. The molecule has 10 heteroatoms. The van der Waals surface area contributed by atoms with Gasteiger partial charge >= 0.3 is 0 Å². The van der Waals surface area contributed by atoms with Crippen LogP contribution in [0.15, 0.2) is 23.1 Å². The Bertz CT molecular complexity index is 1080. The van der Waals surface area contributed by atoms with Gasteiger partial charge in [-0.05, 0) is 31.0 Å². The van der Waals surface area contributed by atoms with Crippen molar-refractivity contribution in [1.29, 1.82) is 0 Å². The van der Waals surface area contributed by atoms with Gasteiger partial charge in [-0.15, -0.1) is 0 Å². The molecule has 2 heterocycles. The van der Waals surface area contributed by atoms with Crippen molar-refractivity contribution >= 4 is 54.2 Å². The molecule has 29 heavy (non-hydrogen) atoms. The molecule has 2 fully saturated rings. The van der Waals surface area contributed by atoms with E-state index in [4.69, 9.17) is 0 Å². The molecule has 1 aliphatic carbocycles. The Balaban J connectivity index is 1.40. The van der Waals surface area contributed by atoms with Crippen molar-refractivity contribution in [2.24, 2.45) is 11.8 Å². The van der Waals surface area contributed by atoms with Crippen LogP contribution >= 0.6 is 11.3 Å². The van der Waals surface area contributed by atoms with Gasteiger partial charge in [0, 0.05) is 19.2 Å². The molecule has 2 aromatic rings. The number of benzene rings is 1. The first-order valence-electron chi connectivity index (χ1n) is 9.50. The summed E-state index contributed by atoms with van der Waals surface area (Å²) in [6, 6.07) is 4.61. The maximum atomic E-state index is 12.5. The van der Waals surface area contributed by atoms with Crippen molar-refractivity contribution in [3.8, 4) is 0 Å². The molecule has 0 bridgehead atoms. The molecule has 0 spiro atoms. The zero-order chi connectivity index (χ0) is 20.8. The van der Waals surface area contributed by atoms with Gasteiger partial charge in [-0.2, -0.15) is 0 Å². The van der Waals surface area contributed by atoms with Crippen LogP contribution in [0, 0.1) is 11.8 Å². The van der Waals surface area contributed by atoms with Crippen molar-refractivity contribution in [2.75, 3.05) is 18.1 Å². The number of nitrogens with one attached hydrogen (secondary N) is 1. The van der Waals surface area contributed by atoms with Crippen molar-refractivity contribution < 1.29 is 22.8 Å². The monoisotopic (exact) mass is 435 g/mol. The van der Waals surface area contributed by atoms with E-state index >= 15 is 0 Å². The van der Waals surface area contributed by atoms with E-state index in [-0.39, 0.29) is 47.4 Å². The first-order valence-corrected chi connectivity index (χ1v) is 12.2. The first-order chi connectivity index (χ1) is 13.7. The molecule has 3 amide bonds. The van der Waals surface area contributed by atoms with E-state index in [1.165, 1.54) is 28.4 Å². The molecule has 8 nitrogen and oxygen atoms in total. The van der Waals surface area contributed by atoms with Crippen LogP contribution < -0.4 is 5.32 Å². The SMILES string of the molecule is CS(=O)(=O)c1ccc2nc(NC(=O)CCN3C(=O)[C@H]4CCCC[C@H]4C3=O)sc2c1. The van der Waals surface area contributed by atoms with E-state index in [0.29, 0.717) is 15.3 Å². The molecule has 1 aromatic carbocycles. The zero-order valence-corrected chi connectivity index (χ0v) is 17.5. The molecule has 0 unspecified atom stereocenters. The summed E-state index contributed by atoms with van der Waals surface area (Å²) in [5.74, 6) is -1.08. The van der Waals surface area contributed by atoms with Gasteiger partial charge in [-0.1, -0.05) is 24.2 Å². The van der Waals surface area contributed by atoms with Crippen LogP contribution in [0.4, 0.5) is 5.13 Å². The van der Waals surface area contributed by atoms with Crippen molar-refractivity contribution in [2.45, 2.75) is 37.0 Å². The molecule has 2 aliphatic rings. The number of hydrogen-bond donors (Lipinski definition) is 1. The maximum Gasteiger partial charge on any atom is 0.233 e. The second-order valence-corrected chi connectivity index (χ2v) is 10.6. The summed E-state index contributed by atoms with van der Waals surface area (Å²) in [4.78, 5) is 43.0. The summed E-state index contributed by atoms with van der Waals surface area (Å²) in [7, 11) is -3.32. The largest absolute Gasteiger partial charge is 0.302 e. The van der Waals surface area contributed by atoms with Crippen LogP contribution in [0.5, 0.6) is 0 Å². The van der Waals surface area contributed by atoms with Gasteiger partial charge in [0.25, 0.3) is 0 Å². The molecule has 1 saturated heterocycles. The second-order valence-electron chi connectivity index (χ2n) is 7.54. The van der Waals surface area contributed by atoms with E-state index < -0.39 is 9.84 Å². The molecular weight excluding hydrogens is 414 g/mol. The minimum Gasteiger partial charge on any atom is -0.302 e. The molecule has 1 N–H and O–H groups in total. The number of thiazole rings is 1. The highest BCUT2D eigenvalue weighted by molar-refractivity contribution is 7.90. The van der Waals surface area contributed by atoms with Crippen LogP contribution in [-0.4, -0.2) is 48.8 Å². The molecule has 1 aliphatic heterocycles. The van der Waals surface area contributed by atoms with Crippen LogP contribution in [0.3, 0.4) is 0 Å². The lowest BCUT2D eigenvalue weighted by Gasteiger charge is -2.19. The highest BCUT2D eigenvalue weighted by Gasteiger charge is 2.47. The van der Waals surface area contributed by atoms with Crippen LogP contribution in [0.25, 0.3) is 10.2 Å². The Morgan fingerprint density at radius 2 is 1.86 bits per heavy atom. The maximum absolute atomic E-state index is 12.5. The number of amides is 3. The molecule has 154 valence electrons. The van der Waals surface area contributed by atoms with Crippen LogP contribution in [0.2, 0.25) is 0 Å². The molecule has 4 rings (SSSR count). The smallest absolute Gasteiger partial charge is 0.233 e. The number of anilines is 1. The van der Waals surface area contributed by atoms with Gasteiger partial charge in [-0.25, -0.2) is 13.4 Å². The summed E-state index contributed by atoms with van der Waals surface area (Å²) in [5.41, 5.74) is 0.590. The number of rotatable bonds is 5. The number of hydrogen-bond acceptors (Lipinski definition) is 7. The minimum atomic E-state index is -3.32. The van der Waals surface area contributed by atoms with E-state index in [2.05, 4.69) is 10.3 Å². The van der Waals surface area contributed by atoms with Gasteiger partial charge in [-0.3, -0.25) is 19.3 Å². The average Bonchev–Trinajstić information content (AvgIpc) is 3.18. The lowest BCUT2D eigenvalue weighted by atomic mass is 9.81. The quantitative estimate of drug-likeness (QED) is 0.721. The number of fused-ring (bicyclic) bond motifs is 2. The third kappa shape index (κ3) is 3.91. The number of aromatic nitrogens is 1. The topological polar surface area (TPSA) is 114 Å². The van der Waals surface area contributed by atoms with E-state index in [1.54, 1.807) is 6.07 Å². The lowest BCUT2D eigenvalue weighted by molar-refractivity contribution is -0.140. The number of imide groups is 1. The summed E-state index contributed by atoms with van der Waals surface area (Å²) < 4.78 is 24.0. The summed E-state index contributed by atoms with van der Waals surface area (Å²) in [5, 5.41) is 3.03. The number of likely N-dealkylation sites (tertiary alicyclic amines) is 1. The number of carbonyl (C=O) groups is 3. The highest BCUT2D eigenvalue weighted by atomic mass is 32.2. The lowest BCUT2D eigenvalue weighted by Crippen LogP contribution is -2.34. The number of nitrogens with zero attached hydrogens (tertiary/aromatic N) is 2. The average molecular weight is 436 g/mol. The Kier molecular flexibility index (Phi) is 5.16. The minimum absolute atomic E-state index is 0.00142. The van der Waals surface area contributed by atoms with Crippen LogP contribution in [-0.2, 0) is 24.2 Å². The van der Waals surface area contributed by atoms with Gasteiger partial charge in [0.15, 0.2) is 15.0 Å². The fourth-order valence-corrected chi connectivity index (χ4v) is 5.68. The van der Waals surface area contributed by atoms with Crippen molar-refractivity contribution in [3.05, 3.63) is 18.2 Å². The van der Waals surface area contributed by atoms with Crippen molar-refractivity contribution in [1.82, 2.24) is 9.88 Å². The Labute approximate surface area is 172 Å². The molecule has 0 radical (unpaired) electrons. The standard InChI is InChI=1S/C19H21N3O5S2/c1-29(26,27)11-6-7-14-15(10-11)28-19(20-14)21-16(23)8-9-22-17(24)12-4-2-3-5-13(12)18(22)25/h6-7,10,12-13H,2-5,8-9H2,1H3,(H,20,21,23)/t12-,13+. The fraction of sp³-hybridized carbons (Fsp3) is 0.474. The Hall–Kier alpha value is -2.33. The first kappa shape index (κ1) is 20.0. The predicted molar refractivity (Wildman–Crippen MR) is 108 cm³/mol. The van der Waals surface area contributed by atoms with Gasteiger partial charge in [0.05, 0.1) is 26.9 Å². The Morgan fingerprint density at radius 1 is 1.21 bits per heavy atom. The van der Waals surface area contributed by atoms with E-state index in [0.717, 1.165) is 31.9 Å². The Morgan fingerprint density at radius 3 is 2.48 bits per heavy atom. The fourth-order valence-electron chi connectivity index (χ4n) is 4.04. The predicted octanol–water partition coefficient (Wildman–Crippen LogP) is 2.20. The van der Waals surface area contributed by atoms with Crippen molar-refractivity contribution in [3.63, 3.8) is 0 Å². The normalized spacial score (nSPS) is 22.2. The molecule has 1 aromatic heterocycles. The summed E-state index contributed by atoms with van der Waals surface area (Å²) in [6.07, 6.45) is 4.56. The van der Waals surface area contributed by atoms with Gasteiger partial charge < -0.3 is 5.32 Å². The molecular formula is C19H21N3O5S2. The van der Waals surface area contributed by atoms with Crippen LogP contribution in [0.1, 0.15) is 32.1 Å². The van der Waals surface area contributed by atoms with Gasteiger partial charge in [0.1, 0.15) is 0 Å². The summed E-state index contributed by atoms with van der Waals surface area (Å²) in [6.45, 7) is 0.0691. The third-order valence-corrected chi connectivity index (χ3v) is 7.57. The van der Waals surface area contributed by atoms with E-state index in [9.17, 15) is 22.8 Å². The van der Waals surface area contributed by atoms with Gasteiger partial charge in [0.2, 0.25) is 17.7 Å². The number of sulfone groups is 1. The third-order valence-electron chi connectivity index (χ3n) is 5.53. The molecule has 1 saturated carbocycles. The van der Waals surface area contributed by atoms with E-state index in [1.807, 2.05) is 0 Å². The zero-order valence-electron chi connectivity index (χ0n) is 15.9. The summed E-state index contributed by atoms with van der Waals surface area (Å²) >= 11 is 1.18.